The number of nitro groups is 1. The fraction of sp³-hybridized carbons (Fsp3) is 0.278. The molecule has 0 N–H and O–H groups in total. The molecule has 1 heterocycles. The van der Waals surface area contributed by atoms with Crippen molar-refractivity contribution < 1.29 is 4.92 Å². The summed E-state index contributed by atoms with van der Waals surface area (Å²) in [7, 11) is 0. The van der Waals surface area contributed by atoms with Crippen molar-refractivity contribution in [3.63, 3.8) is 0 Å². The molecule has 23 heavy (non-hydrogen) atoms. The van der Waals surface area contributed by atoms with Gasteiger partial charge in [0, 0.05) is 37.7 Å². The van der Waals surface area contributed by atoms with Crippen LogP contribution in [-0.2, 0) is 6.54 Å². The third-order valence-electron chi connectivity index (χ3n) is 4.34. The maximum Gasteiger partial charge on any atom is 0.269 e. The molecule has 0 radical (unpaired) electrons. The van der Waals surface area contributed by atoms with E-state index in [0.29, 0.717) is 0 Å². The van der Waals surface area contributed by atoms with Crippen LogP contribution < -0.4 is 0 Å². The van der Waals surface area contributed by atoms with Crippen molar-refractivity contribution in [2.45, 2.75) is 12.5 Å². The van der Waals surface area contributed by atoms with Gasteiger partial charge in [-0.05, 0) is 11.1 Å². The minimum Gasteiger partial charge on any atom is -0.297 e. The standard InChI is InChI=1S/C18H17N3O2/c19-10-16-12-20(11-14-4-2-1-3-5-14)13-18(16)15-6-8-17(9-7-15)21(22)23/h1-9,16,18H,11-13H2/t16-,18+/m0/s1. The highest BCUT2D eigenvalue weighted by Gasteiger charge is 2.33. The van der Waals surface area contributed by atoms with E-state index in [-0.39, 0.29) is 17.5 Å². The number of hydrogen-bond donors (Lipinski definition) is 0. The molecule has 0 unspecified atom stereocenters. The van der Waals surface area contributed by atoms with Crippen LogP contribution in [0.2, 0.25) is 0 Å². The van der Waals surface area contributed by atoms with Gasteiger partial charge < -0.3 is 0 Å². The Bertz CT molecular complexity index is 722. The second-order valence-electron chi connectivity index (χ2n) is 5.87. The molecule has 0 amide bonds. The highest BCUT2D eigenvalue weighted by Crippen LogP contribution is 2.33. The molecule has 0 spiro atoms. The van der Waals surface area contributed by atoms with Gasteiger partial charge in [0.1, 0.15) is 0 Å². The number of nitro benzene ring substituents is 1. The molecule has 5 nitrogen and oxygen atoms in total. The van der Waals surface area contributed by atoms with Gasteiger partial charge in [0.05, 0.1) is 16.9 Å². The van der Waals surface area contributed by atoms with Gasteiger partial charge in [-0.3, -0.25) is 15.0 Å². The third kappa shape index (κ3) is 3.38. The van der Waals surface area contributed by atoms with Crippen LogP contribution in [0, 0.1) is 27.4 Å². The molecule has 1 saturated heterocycles. The topological polar surface area (TPSA) is 70.2 Å². The summed E-state index contributed by atoms with van der Waals surface area (Å²) in [5.41, 5.74) is 2.31. The minimum absolute atomic E-state index is 0.0832. The van der Waals surface area contributed by atoms with Gasteiger partial charge in [-0.15, -0.1) is 0 Å². The smallest absolute Gasteiger partial charge is 0.269 e. The number of hydrogen-bond acceptors (Lipinski definition) is 4. The van der Waals surface area contributed by atoms with Crippen molar-refractivity contribution in [1.29, 1.82) is 5.26 Å². The molecule has 1 aliphatic heterocycles. The van der Waals surface area contributed by atoms with Crippen LogP contribution in [-0.4, -0.2) is 22.9 Å². The van der Waals surface area contributed by atoms with E-state index in [1.54, 1.807) is 12.1 Å². The molecular formula is C18H17N3O2. The number of rotatable bonds is 4. The van der Waals surface area contributed by atoms with Gasteiger partial charge in [0.25, 0.3) is 5.69 Å². The maximum atomic E-state index is 10.8. The van der Waals surface area contributed by atoms with E-state index in [9.17, 15) is 15.4 Å². The lowest BCUT2D eigenvalue weighted by atomic mass is 9.90. The predicted molar refractivity (Wildman–Crippen MR) is 86.7 cm³/mol. The van der Waals surface area contributed by atoms with Crippen LogP contribution in [0.3, 0.4) is 0 Å². The average molecular weight is 307 g/mol. The minimum atomic E-state index is -0.401. The van der Waals surface area contributed by atoms with E-state index < -0.39 is 4.92 Å². The van der Waals surface area contributed by atoms with Crippen LogP contribution in [0.15, 0.2) is 54.6 Å². The van der Waals surface area contributed by atoms with Gasteiger partial charge in [-0.25, -0.2) is 0 Å². The fourth-order valence-electron chi connectivity index (χ4n) is 3.17. The number of benzene rings is 2. The van der Waals surface area contributed by atoms with Crippen LogP contribution >= 0.6 is 0 Å². The van der Waals surface area contributed by atoms with Crippen molar-refractivity contribution >= 4 is 5.69 Å². The lowest BCUT2D eigenvalue weighted by molar-refractivity contribution is -0.384. The van der Waals surface area contributed by atoms with Crippen molar-refractivity contribution in [3.8, 4) is 6.07 Å². The number of nitrogens with zero attached hydrogens (tertiary/aromatic N) is 3. The van der Waals surface area contributed by atoms with E-state index in [2.05, 4.69) is 23.1 Å². The molecule has 1 fully saturated rings. The largest absolute Gasteiger partial charge is 0.297 e. The Kier molecular flexibility index (Phi) is 4.35. The van der Waals surface area contributed by atoms with Crippen LogP contribution in [0.1, 0.15) is 17.0 Å². The van der Waals surface area contributed by atoms with Crippen molar-refractivity contribution in [2.75, 3.05) is 13.1 Å². The molecule has 0 aliphatic carbocycles. The molecule has 1 aliphatic rings. The number of nitriles is 1. The lowest BCUT2D eigenvalue weighted by Crippen LogP contribution is -2.20. The Hall–Kier alpha value is -2.71. The fourth-order valence-corrected chi connectivity index (χ4v) is 3.17. The lowest BCUT2D eigenvalue weighted by Gasteiger charge is -2.16. The average Bonchev–Trinajstić information content (AvgIpc) is 2.98. The van der Waals surface area contributed by atoms with Gasteiger partial charge >= 0.3 is 0 Å². The molecule has 5 heteroatoms. The molecule has 2 atom stereocenters. The Morgan fingerprint density at radius 3 is 2.43 bits per heavy atom. The normalized spacial score (nSPS) is 21.0. The molecule has 3 rings (SSSR count). The molecule has 116 valence electrons. The summed E-state index contributed by atoms with van der Waals surface area (Å²) in [4.78, 5) is 12.6. The Balaban J connectivity index is 1.74. The second-order valence-corrected chi connectivity index (χ2v) is 5.87. The van der Waals surface area contributed by atoms with Crippen LogP contribution in [0.5, 0.6) is 0 Å². The van der Waals surface area contributed by atoms with Crippen LogP contribution in [0.4, 0.5) is 5.69 Å². The highest BCUT2D eigenvalue weighted by atomic mass is 16.6. The van der Waals surface area contributed by atoms with Gasteiger partial charge in [0.2, 0.25) is 0 Å². The van der Waals surface area contributed by atoms with Crippen molar-refractivity contribution in [2.24, 2.45) is 5.92 Å². The number of non-ortho nitro benzene ring substituents is 1. The van der Waals surface area contributed by atoms with Gasteiger partial charge in [-0.2, -0.15) is 5.26 Å². The summed E-state index contributed by atoms with van der Waals surface area (Å²) >= 11 is 0. The van der Waals surface area contributed by atoms with E-state index in [0.717, 1.165) is 25.2 Å². The summed E-state index contributed by atoms with van der Waals surface area (Å²) in [6.45, 7) is 2.35. The summed E-state index contributed by atoms with van der Waals surface area (Å²) in [6.07, 6.45) is 0. The number of likely N-dealkylation sites (tertiary alicyclic amines) is 1. The summed E-state index contributed by atoms with van der Waals surface area (Å²) in [6, 6.07) is 19.2. The van der Waals surface area contributed by atoms with E-state index in [1.807, 2.05) is 18.2 Å². The van der Waals surface area contributed by atoms with E-state index in [1.165, 1.54) is 17.7 Å². The Morgan fingerprint density at radius 1 is 1.13 bits per heavy atom. The zero-order chi connectivity index (χ0) is 16.2. The monoisotopic (exact) mass is 307 g/mol. The molecule has 2 aromatic rings. The zero-order valence-corrected chi connectivity index (χ0v) is 12.6. The summed E-state index contributed by atoms with van der Waals surface area (Å²) in [5.74, 6) is 0.0182. The van der Waals surface area contributed by atoms with Crippen LogP contribution in [0.25, 0.3) is 0 Å². The highest BCUT2D eigenvalue weighted by molar-refractivity contribution is 5.36. The van der Waals surface area contributed by atoms with Crippen molar-refractivity contribution in [1.82, 2.24) is 4.90 Å². The maximum absolute atomic E-state index is 10.8. The quantitative estimate of drug-likeness (QED) is 0.641. The summed E-state index contributed by atoms with van der Waals surface area (Å²) < 4.78 is 0. The Labute approximate surface area is 134 Å². The van der Waals surface area contributed by atoms with E-state index in [4.69, 9.17) is 0 Å². The molecule has 0 saturated carbocycles. The first-order chi connectivity index (χ1) is 11.2. The van der Waals surface area contributed by atoms with E-state index >= 15 is 0 Å². The molecule has 0 aromatic heterocycles. The zero-order valence-electron chi connectivity index (χ0n) is 12.6. The first-order valence-electron chi connectivity index (χ1n) is 7.57. The van der Waals surface area contributed by atoms with Gasteiger partial charge in [-0.1, -0.05) is 42.5 Å². The van der Waals surface area contributed by atoms with Gasteiger partial charge in [0.15, 0.2) is 0 Å². The SMILES string of the molecule is N#C[C@H]1CN(Cc2ccccc2)C[C@@H]1c1ccc([N+](=O)[O-])cc1. The molecule has 0 bridgehead atoms. The third-order valence-corrected chi connectivity index (χ3v) is 4.34. The first kappa shape index (κ1) is 15.2. The Morgan fingerprint density at radius 2 is 1.83 bits per heavy atom. The molecular weight excluding hydrogens is 290 g/mol. The first-order valence-corrected chi connectivity index (χ1v) is 7.57. The second kappa shape index (κ2) is 6.59. The summed E-state index contributed by atoms with van der Waals surface area (Å²) in [5, 5.41) is 20.2. The predicted octanol–water partition coefficient (Wildman–Crippen LogP) is 3.33. The van der Waals surface area contributed by atoms with Crippen molar-refractivity contribution in [3.05, 3.63) is 75.8 Å². The molecule has 2 aromatic carbocycles.